The van der Waals surface area contributed by atoms with Crippen LogP contribution in [0.1, 0.15) is 159 Å². The number of carbonyl (C=O) groups is 8. The first-order valence-electron chi connectivity index (χ1n) is 28.7. The van der Waals surface area contributed by atoms with E-state index < -0.39 is 23.9 Å². The van der Waals surface area contributed by atoms with Crippen LogP contribution in [0, 0.1) is 10.8 Å². The molecule has 0 spiro atoms. The van der Waals surface area contributed by atoms with Crippen molar-refractivity contribution in [2.45, 2.75) is 141 Å². The highest BCUT2D eigenvalue weighted by atomic mass is 16.2. The largest absolute Gasteiger partial charge is 0.342 e. The number of carbonyl (C=O) groups excluding carboxylic acids is 8. The van der Waals surface area contributed by atoms with Crippen LogP contribution in [-0.4, -0.2) is 115 Å². The van der Waals surface area contributed by atoms with E-state index in [4.69, 9.17) is 0 Å². The standard InChI is InChI=1S/2C31H33N5O4/c2*1-31(12-3-13-31)30(40)34-14-10-21(11-15-34)35-18-19(17-32-35)16-20-6-7-24-27-22(20)4-2-5-23(27)29(39)36(24)25-8-9-26(37)33-28(25)38/h2*2,4-7,17-18,21,25H,3,8-16H2,1H3,(H,33,37,38)/t2*25-/m10/s1. The van der Waals surface area contributed by atoms with Gasteiger partial charge in [-0.25, -0.2) is 0 Å². The Kier molecular flexibility index (Phi) is 12.8. The maximum absolute atomic E-state index is 13.4. The van der Waals surface area contributed by atoms with Gasteiger partial charge < -0.3 is 9.80 Å². The summed E-state index contributed by atoms with van der Waals surface area (Å²) in [5.74, 6) is -1.20. The van der Waals surface area contributed by atoms with Gasteiger partial charge in [-0.05, 0) is 121 Å². The van der Waals surface area contributed by atoms with E-state index in [1.54, 1.807) is 9.80 Å². The number of anilines is 2. The van der Waals surface area contributed by atoms with Crippen molar-refractivity contribution in [2.75, 3.05) is 36.0 Å². The van der Waals surface area contributed by atoms with E-state index >= 15 is 0 Å². The molecule has 18 heteroatoms. The summed E-state index contributed by atoms with van der Waals surface area (Å²) < 4.78 is 4.10. The normalized spacial score (nSPS) is 22.5. The number of hydrogen-bond acceptors (Lipinski definition) is 10. The van der Waals surface area contributed by atoms with Crippen LogP contribution in [0.2, 0.25) is 0 Å². The second-order valence-corrected chi connectivity index (χ2v) is 24.1. The lowest BCUT2D eigenvalue weighted by Crippen LogP contribution is -2.53. The number of amides is 8. The molecule has 4 aromatic carbocycles. The molecule has 0 unspecified atom stereocenters. The summed E-state index contributed by atoms with van der Waals surface area (Å²) in [5, 5.41) is 17.8. The number of piperidine rings is 4. The van der Waals surface area contributed by atoms with Crippen molar-refractivity contribution in [1.29, 1.82) is 0 Å². The summed E-state index contributed by atoms with van der Waals surface area (Å²) in [6.07, 6.45) is 20.4. The molecule has 2 aliphatic carbocycles. The molecule has 6 fully saturated rings. The van der Waals surface area contributed by atoms with Crippen LogP contribution < -0.4 is 20.4 Å². The van der Waals surface area contributed by atoms with Gasteiger partial charge in [-0.2, -0.15) is 10.2 Å². The van der Waals surface area contributed by atoms with Gasteiger partial charge in [0.05, 0.1) is 35.9 Å². The van der Waals surface area contributed by atoms with Gasteiger partial charge in [0, 0.05) is 97.0 Å². The number of likely N-dealkylation sites (tertiary alicyclic amines) is 2. The van der Waals surface area contributed by atoms with Crippen molar-refractivity contribution in [2.24, 2.45) is 10.8 Å². The van der Waals surface area contributed by atoms with Gasteiger partial charge in [-0.1, -0.05) is 63.1 Å². The molecule has 8 amide bonds. The second-order valence-electron chi connectivity index (χ2n) is 24.1. The van der Waals surface area contributed by atoms with Gasteiger partial charge in [0.25, 0.3) is 11.8 Å². The number of benzene rings is 4. The Morgan fingerprint density at radius 1 is 0.537 bits per heavy atom. The summed E-state index contributed by atoms with van der Waals surface area (Å²) in [6.45, 7) is 7.32. The summed E-state index contributed by atoms with van der Waals surface area (Å²) in [4.78, 5) is 108. The topological polar surface area (TPSA) is 209 Å². The number of hydrogen-bond donors (Lipinski definition) is 2. The maximum Gasteiger partial charge on any atom is 0.259 e. The van der Waals surface area contributed by atoms with Gasteiger partial charge in [0.15, 0.2) is 0 Å². The van der Waals surface area contributed by atoms with Crippen molar-refractivity contribution >= 4 is 80.2 Å². The van der Waals surface area contributed by atoms with Crippen molar-refractivity contribution in [3.05, 3.63) is 119 Å². The molecule has 6 aromatic rings. The third kappa shape index (κ3) is 8.85. The predicted octanol–water partition coefficient (Wildman–Crippen LogP) is 7.49. The highest BCUT2D eigenvalue weighted by Crippen LogP contribution is 2.46. The number of imide groups is 2. The molecule has 14 rings (SSSR count). The molecule has 2 aromatic heterocycles. The van der Waals surface area contributed by atoms with Gasteiger partial charge in [-0.15, -0.1) is 0 Å². The summed E-state index contributed by atoms with van der Waals surface area (Å²) in [5.41, 5.74) is 6.70. The predicted molar refractivity (Wildman–Crippen MR) is 298 cm³/mol. The third-order valence-corrected chi connectivity index (χ3v) is 19.0. The van der Waals surface area contributed by atoms with E-state index in [0.29, 0.717) is 48.6 Å². The second kappa shape index (κ2) is 20.0. The van der Waals surface area contributed by atoms with Crippen molar-refractivity contribution < 1.29 is 38.4 Å². The molecule has 412 valence electrons. The average Bonchev–Trinajstić information content (AvgIpc) is 4.45. The van der Waals surface area contributed by atoms with E-state index in [9.17, 15) is 38.4 Å². The Morgan fingerprint density at radius 2 is 0.938 bits per heavy atom. The Bertz CT molecular complexity index is 3360. The lowest BCUT2D eigenvalue weighted by molar-refractivity contribution is -0.148. The first-order valence-corrected chi connectivity index (χ1v) is 28.7. The molecular formula is C62H66N10O8. The summed E-state index contributed by atoms with van der Waals surface area (Å²) >= 11 is 0. The van der Waals surface area contributed by atoms with E-state index in [-0.39, 0.29) is 59.4 Å². The lowest BCUT2D eigenvalue weighted by Gasteiger charge is -2.43. The minimum Gasteiger partial charge on any atom is -0.342 e. The molecule has 8 aliphatic rings. The molecule has 8 heterocycles. The van der Waals surface area contributed by atoms with E-state index in [2.05, 4.69) is 56.4 Å². The van der Waals surface area contributed by atoms with Crippen LogP contribution in [0.5, 0.6) is 0 Å². The minimum absolute atomic E-state index is 0.144. The van der Waals surface area contributed by atoms with Crippen molar-refractivity contribution in [3.8, 4) is 0 Å². The lowest BCUT2D eigenvalue weighted by atomic mass is 9.69. The van der Waals surface area contributed by atoms with Gasteiger partial charge >= 0.3 is 0 Å². The minimum atomic E-state index is -0.692. The number of nitrogens with one attached hydrogen (secondary N) is 2. The Hall–Kier alpha value is -8.02. The zero-order chi connectivity index (χ0) is 55.2. The third-order valence-electron chi connectivity index (χ3n) is 19.0. The quantitative estimate of drug-likeness (QED) is 0.129. The SMILES string of the molecule is CC1(C(=O)N2CCC(n3cc(Cc4ccc5c6c(cccc46)C(=O)N5[C@@H]4CCC(=O)NC4=O)cn3)CC2)CCC1.CC1(C(=O)N2CCC(n3cc(Cc4ccc5c6c(cccc46)C(=O)N5[C@H]4CCC(=O)NC4=O)cn3)CC2)CCC1. The highest BCUT2D eigenvalue weighted by Gasteiger charge is 2.46. The summed E-state index contributed by atoms with van der Waals surface area (Å²) in [7, 11) is 0. The van der Waals surface area contributed by atoms with Crippen LogP contribution in [0.3, 0.4) is 0 Å². The Balaban J connectivity index is 0.000000151. The van der Waals surface area contributed by atoms with Crippen LogP contribution in [0.15, 0.2) is 85.5 Å². The first kappa shape index (κ1) is 51.4. The number of rotatable bonds is 10. The monoisotopic (exact) mass is 1080 g/mol. The molecule has 0 bridgehead atoms. The van der Waals surface area contributed by atoms with Crippen LogP contribution in [0.4, 0.5) is 11.4 Å². The summed E-state index contributed by atoms with van der Waals surface area (Å²) in [6, 6.07) is 18.5. The Morgan fingerprint density at radius 3 is 1.30 bits per heavy atom. The number of aromatic nitrogens is 4. The van der Waals surface area contributed by atoms with Crippen LogP contribution >= 0.6 is 0 Å². The molecule has 0 radical (unpaired) electrons. The van der Waals surface area contributed by atoms with Crippen LogP contribution in [0.25, 0.3) is 21.5 Å². The molecule has 6 aliphatic heterocycles. The first-order chi connectivity index (χ1) is 38.6. The van der Waals surface area contributed by atoms with Gasteiger partial charge in [-0.3, -0.25) is 68.2 Å². The van der Waals surface area contributed by atoms with E-state index in [1.807, 2.05) is 82.9 Å². The fraction of sp³-hybridized carbons (Fsp3) is 0.452. The van der Waals surface area contributed by atoms with Crippen molar-refractivity contribution in [1.82, 2.24) is 40.0 Å². The van der Waals surface area contributed by atoms with Gasteiger partial charge in [0.1, 0.15) is 12.1 Å². The number of nitrogens with zero attached hydrogens (tertiary/aromatic N) is 8. The van der Waals surface area contributed by atoms with Crippen LogP contribution in [-0.2, 0) is 41.6 Å². The molecule has 2 saturated carbocycles. The molecule has 4 saturated heterocycles. The molecular weight excluding hydrogens is 1010 g/mol. The average molecular weight is 1080 g/mol. The van der Waals surface area contributed by atoms with E-state index in [1.165, 1.54) is 0 Å². The molecule has 18 nitrogen and oxygen atoms in total. The molecule has 2 atom stereocenters. The highest BCUT2D eigenvalue weighted by molar-refractivity contribution is 6.28. The Labute approximate surface area is 463 Å². The van der Waals surface area contributed by atoms with Gasteiger partial charge in [0.2, 0.25) is 35.4 Å². The van der Waals surface area contributed by atoms with E-state index in [0.717, 1.165) is 146 Å². The maximum atomic E-state index is 13.4. The van der Waals surface area contributed by atoms with Crippen molar-refractivity contribution in [3.63, 3.8) is 0 Å². The zero-order valence-electron chi connectivity index (χ0n) is 45.4. The molecule has 80 heavy (non-hydrogen) atoms. The molecule has 2 N–H and O–H groups in total. The fourth-order valence-electron chi connectivity index (χ4n) is 14.0. The fourth-order valence-corrected chi connectivity index (χ4v) is 14.0. The smallest absolute Gasteiger partial charge is 0.259 e. The zero-order valence-corrected chi connectivity index (χ0v) is 45.4.